The van der Waals surface area contributed by atoms with Crippen LogP contribution in [0, 0.1) is 24.1 Å². The van der Waals surface area contributed by atoms with Gasteiger partial charge in [-0.05, 0) is 55.5 Å². The van der Waals surface area contributed by atoms with Crippen LogP contribution in [0.5, 0.6) is 0 Å². The molecular weight excluding hydrogens is 417 g/mol. The van der Waals surface area contributed by atoms with Gasteiger partial charge in [0.15, 0.2) is 5.96 Å². The van der Waals surface area contributed by atoms with Gasteiger partial charge in [-0.15, -0.1) is 0 Å². The minimum absolute atomic E-state index is 0.259. The molecule has 4 N–H and O–H groups in total. The maximum absolute atomic E-state index is 13.2. The summed E-state index contributed by atoms with van der Waals surface area (Å²) in [6, 6.07) is 16.5. The van der Waals surface area contributed by atoms with Crippen molar-refractivity contribution in [2.24, 2.45) is 4.99 Å². The topological polar surface area (TPSA) is 104 Å². The molecule has 7 nitrogen and oxygen atoms in total. The summed E-state index contributed by atoms with van der Waals surface area (Å²) >= 11 is 0. The quantitative estimate of drug-likeness (QED) is 0.278. The fourth-order valence-corrected chi connectivity index (χ4v) is 3.58. The second-order valence-electron chi connectivity index (χ2n) is 8.01. The van der Waals surface area contributed by atoms with Crippen molar-refractivity contribution in [1.29, 1.82) is 5.26 Å². The summed E-state index contributed by atoms with van der Waals surface area (Å²) in [4.78, 5) is 4.29. The van der Waals surface area contributed by atoms with E-state index >= 15 is 0 Å². The number of aromatic nitrogens is 2. The molecule has 0 amide bonds. The van der Waals surface area contributed by atoms with Crippen LogP contribution < -0.4 is 16.4 Å². The molecule has 3 rings (SSSR count). The minimum Gasteiger partial charge on any atom is -0.382 e. The van der Waals surface area contributed by atoms with Gasteiger partial charge in [0.2, 0.25) is 0 Å². The molecule has 2 aromatic carbocycles. The number of nitrogen functional groups attached to an aromatic ring is 1. The van der Waals surface area contributed by atoms with Gasteiger partial charge in [0, 0.05) is 20.1 Å². The van der Waals surface area contributed by atoms with Gasteiger partial charge < -0.3 is 16.4 Å². The van der Waals surface area contributed by atoms with E-state index in [1.54, 1.807) is 19.2 Å². The normalized spacial score (nSPS) is 12.3. The molecule has 1 unspecified atom stereocenters. The van der Waals surface area contributed by atoms with Crippen molar-refractivity contribution in [3.63, 3.8) is 0 Å². The highest BCUT2D eigenvalue weighted by molar-refractivity contribution is 5.79. The summed E-state index contributed by atoms with van der Waals surface area (Å²) in [5.41, 5.74) is 10.3. The number of aryl methyl sites for hydroxylation is 2. The number of guanidine groups is 1. The Bertz CT molecular complexity index is 1140. The molecule has 0 spiro atoms. The summed E-state index contributed by atoms with van der Waals surface area (Å²) in [7, 11) is 1.74. The number of rotatable bonds is 8. The molecule has 172 valence electrons. The number of hydrogen-bond acceptors (Lipinski definition) is 4. The van der Waals surface area contributed by atoms with Gasteiger partial charge in [0.1, 0.15) is 23.3 Å². The largest absolute Gasteiger partial charge is 0.382 e. The van der Waals surface area contributed by atoms with Crippen LogP contribution in [0.4, 0.5) is 10.2 Å². The summed E-state index contributed by atoms with van der Waals surface area (Å²) in [6.45, 7) is 5.70. The van der Waals surface area contributed by atoms with Crippen LogP contribution in [-0.2, 0) is 6.42 Å². The van der Waals surface area contributed by atoms with Gasteiger partial charge in [-0.2, -0.15) is 10.4 Å². The predicted octanol–water partition coefficient (Wildman–Crippen LogP) is 3.68. The Hall–Kier alpha value is -3.86. The van der Waals surface area contributed by atoms with Gasteiger partial charge in [0.05, 0.1) is 11.4 Å². The third kappa shape index (κ3) is 6.10. The SMILES string of the molecule is CN=C(NCCCc1nn(-c2ccc(F)cc2)c(N)c1C#N)NCC(C)c1cccc(C)c1. The molecular formula is C25H30FN7. The second-order valence-corrected chi connectivity index (χ2v) is 8.01. The lowest BCUT2D eigenvalue weighted by molar-refractivity contribution is 0.627. The molecule has 1 atom stereocenters. The zero-order valence-electron chi connectivity index (χ0n) is 19.3. The van der Waals surface area contributed by atoms with E-state index < -0.39 is 0 Å². The average Bonchev–Trinajstić information content (AvgIpc) is 3.13. The summed E-state index contributed by atoms with van der Waals surface area (Å²) in [5.74, 6) is 0.993. The molecule has 8 heteroatoms. The van der Waals surface area contributed by atoms with E-state index in [-0.39, 0.29) is 11.6 Å². The fourth-order valence-electron chi connectivity index (χ4n) is 3.58. The average molecular weight is 448 g/mol. The van der Waals surface area contributed by atoms with Crippen molar-refractivity contribution in [2.45, 2.75) is 32.6 Å². The maximum Gasteiger partial charge on any atom is 0.190 e. The highest BCUT2D eigenvalue weighted by atomic mass is 19.1. The molecule has 1 aromatic heterocycles. The van der Waals surface area contributed by atoms with E-state index in [1.165, 1.54) is 27.9 Å². The number of hydrogen-bond donors (Lipinski definition) is 3. The van der Waals surface area contributed by atoms with Crippen LogP contribution in [0.15, 0.2) is 53.5 Å². The van der Waals surface area contributed by atoms with Crippen LogP contribution in [0.2, 0.25) is 0 Å². The molecule has 0 aliphatic heterocycles. The number of benzene rings is 2. The Morgan fingerprint density at radius 1 is 1.24 bits per heavy atom. The first kappa shape index (κ1) is 23.8. The number of halogens is 1. The molecule has 0 saturated carbocycles. The fraction of sp³-hybridized carbons (Fsp3) is 0.320. The minimum atomic E-state index is -0.341. The zero-order valence-corrected chi connectivity index (χ0v) is 19.3. The standard InChI is InChI=1S/C25H30FN7/c1-17-6-4-7-19(14-17)18(2)16-31-25(29-3)30-13-5-8-23-22(15-27)24(28)33(32-23)21-11-9-20(26)10-12-21/h4,6-7,9-12,14,18H,5,8,13,16,28H2,1-3H3,(H2,29,30,31). The van der Waals surface area contributed by atoms with Crippen molar-refractivity contribution in [3.8, 4) is 11.8 Å². The Morgan fingerprint density at radius 3 is 2.67 bits per heavy atom. The van der Waals surface area contributed by atoms with Gasteiger partial charge in [0.25, 0.3) is 0 Å². The number of nitrogens with zero attached hydrogens (tertiary/aromatic N) is 4. The first-order valence-corrected chi connectivity index (χ1v) is 11.0. The van der Waals surface area contributed by atoms with E-state index in [2.05, 4.69) is 64.9 Å². The van der Waals surface area contributed by atoms with Crippen LogP contribution in [0.3, 0.4) is 0 Å². The van der Waals surface area contributed by atoms with Crippen molar-refractivity contribution in [2.75, 3.05) is 25.9 Å². The van der Waals surface area contributed by atoms with Crippen LogP contribution in [-0.4, -0.2) is 35.9 Å². The van der Waals surface area contributed by atoms with Gasteiger partial charge in [-0.25, -0.2) is 9.07 Å². The first-order chi connectivity index (χ1) is 15.9. The molecule has 0 saturated heterocycles. The maximum atomic E-state index is 13.2. The monoisotopic (exact) mass is 447 g/mol. The van der Waals surface area contributed by atoms with Crippen LogP contribution in [0.25, 0.3) is 5.69 Å². The lowest BCUT2D eigenvalue weighted by Gasteiger charge is -2.16. The molecule has 1 heterocycles. The van der Waals surface area contributed by atoms with Gasteiger partial charge in [-0.3, -0.25) is 4.99 Å². The number of nitrogens with two attached hydrogens (primary N) is 1. The van der Waals surface area contributed by atoms with E-state index in [4.69, 9.17) is 5.73 Å². The van der Waals surface area contributed by atoms with E-state index in [9.17, 15) is 9.65 Å². The number of aliphatic imine (C=N–C) groups is 1. The smallest absolute Gasteiger partial charge is 0.190 e. The van der Waals surface area contributed by atoms with E-state index in [0.29, 0.717) is 35.8 Å². The Labute approximate surface area is 194 Å². The van der Waals surface area contributed by atoms with E-state index in [1.807, 2.05) is 0 Å². The first-order valence-electron chi connectivity index (χ1n) is 11.0. The van der Waals surface area contributed by atoms with Gasteiger partial charge in [-0.1, -0.05) is 36.8 Å². The van der Waals surface area contributed by atoms with Crippen molar-refractivity contribution < 1.29 is 4.39 Å². The molecule has 0 fully saturated rings. The molecule has 0 aliphatic carbocycles. The lowest BCUT2D eigenvalue weighted by atomic mass is 9.99. The highest BCUT2D eigenvalue weighted by Crippen LogP contribution is 2.21. The van der Waals surface area contributed by atoms with Crippen LogP contribution in [0.1, 0.15) is 41.6 Å². The Balaban J connectivity index is 1.53. The molecule has 0 radical (unpaired) electrons. The molecule has 0 aliphatic rings. The summed E-state index contributed by atoms with van der Waals surface area (Å²) < 4.78 is 14.7. The lowest BCUT2D eigenvalue weighted by Crippen LogP contribution is -2.39. The van der Waals surface area contributed by atoms with Crippen molar-refractivity contribution in [3.05, 3.63) is 76.7 Å². The molecule has 3 aromatic rings. The summed E-state index contributed by atoms with van der Waals surface area (Å²) in [6.07, 6.45) is 1.31. The molecule has 33 heavy (non-hydrogen) atoms. The summed E-state index contributed by atoms with van der Waals surface area (Å²) in [5, 5.41) is 20.7. The third-order valence-corrected chi connectivity index (χ3v) is 5.47. The predicted molar refractivity (Wildman–Crippen MR) is 130 cm³/mol. The van der Waals surface area contributed by atoms with Crippen molar-refractivity contribution >= 4 is 11.8 Å². The Morgan fingerprint density at radius 2 is 2.00 bits per heavy atom. The van der Waals surface area contributed by atoms with Crippen LogP contribution >= 0.6 is 0 Å². The highest BCUT2D eigenvalue weighted by Gasteiger charge is 2.16. The van der Waals surface area contributed by atoms with E-state index in [0.717, 1.165) is 18.9 Å². The zero-order chi connectivity index (χ0) is 23.8. The van der Waals surface area contributed by atoms with Gasteiger partial charge >= 0.3 is 0 Å². The third-order valence-electron chi connectivity index (χ3n) is 5.47. The van der Waals surface area contributed by atoms with Crippen molar-refractivity contribution in [1.82, 2.24) is 20.4 Å². The second kappa shape index (κ2) is 11.1. The Kier molecular flexibility index (Phi) is 8.03. The number of anilines is 1. The molecule has 0 bridgehead atoms. The number of nitrogens with one attached hydrogen (secondary N) is 2. The number of nitriles is 1.